The molecule has 0 radical (unpaired) electrons. The van der Waals surface area contributed by atoms with Gasteiger partial charge in [0.2, 0.25) is 11.8 Å². The molecule has 7 nitrogen and oxygen atoms in total. The van der Waals surface area contributed by atoms with E-state index in [1.807, 2.05) is 76.2 Å². The third-order valence-electron chi connectivity index (χ3n) is 7.63. The van der Waals surface area contributed by atoms with Crippen LogP contribution in [0.15, 0.2) is 72.8 Å². The van der Waals surface area contributed by atoms with E-state index in [0.717, 1.165) is 22.9 Å². The molecule has 3 rings (SSSR count). The number of nitrogens with two attached hydrogens (primary N) is 1. The minimum Gasteiger partial charge on any atom is -0.391 e. The van der Waals surface area contributed by atoms with Crippen LogP contribution in [0.3, 0.4) is 0 Å². The van der Waals surface area contributed by atoms with Crippen molar-refractivity contribution in [2.45, 2.75) is 71.9 Å². The van der Waals surface area contributed by atoms with Gasteiger partial charge in [-0.3, -0.25) is 9.59 Å². The zero-order valence-corrected chi connectivity index (χ0v) is 24.2. The van der Waals surface area contributed by atoms with Gasteiger partial charge in [-0.1, -0.05) is 101 Å². The molecule has 0 saturated carbocycles. The number of hydrogen-bond acceptors (Lipinski definition) is 5. The van der Waals surface area contributed by atoms with E-state index < -0.39 is 24.1 Å². The lowest BCUT2D eigenvalue weighted by molar-refractivity contribution is -0.134. The molecule has 3 aromatic carbocycles. The molecule has 0 aliphatic heterocycles. The van der Waals surface area contributed by atoms with Gasteiger partial charge in [-0.15, -0.1) is 0 Å². The fourth-order valence-electron chi connectivity index (χ4n) is 4.73. The Hall–Kier alpha value is -3.26. The molecule has 40 heavy (non-hydrogen) atoms. The van der Waals surface area contributed by atoms with Crippen LogP contribution in [0.5, 0.6) is 0 Å². The number of fused-ring (bicyclic) bond motifs is 1. The Labute approximate surface area is 238 Å². The number of aliphatic hydroxyl groups excluding tert-OH is 1. The van der Waals surface area contributed by atoms with E-state index in [0.29, 0.717) is 13.2 Å². The first-order valence-corrected chi connectivity index (χ1v) is 14.3. The summed E-state index contributed by atoms with van der Waals surface area (Å²) in [4.78, 5) is 26.5. The third kappa shape index (κ3) is 9.15. The standard InChI is InChI=1S/C33H45N3O4/c1-5-23(4)31(33(39)35-19-24-11-7-6-8-12-24)36-32(38)28(22(2)3)18-30(37)29(34)21-40-20-25-15-16-26-13-9-10-14-27(26)17-25/h6-17,22-23,28-31,37H,5,18-21,34H2,1-4H3,(H,35,39)(H,36,38). The van der Waals surface area contributed by atoms with Crippen LogP contribution in [-0.4, -0.2) is 41.7 Å². The highest BCUT2D eigenvalue weighted by atomic mass is 16.5. The topological polar surface area (TPSA) is 114 Å². The van der Waals surface area contributed by atoms with Crippen molar-refractivity contribution >= 4 is 22.6 Å². The van der Waals surface area contributed by atoms with Crippen LogP contribution < -0.4 is 16.4 Å². The minimum atomic E-state index is -0.927. The van der Waals surface area contributed by atoms with E-state index in [2.05, 4.69) is 34.9 Å². The smallest absolute Gasteiger partial charge is 0.243 e. The predicted octanol–water partition coefficient (Wildman–Crippen LogP) is 4.55. The first-order chi connectivity index (χ1) is 19.2. The van der Waals surface area contributed by atoms with Crippen LogP contribution in [0, 0.1) is 17.8 Å². The molecule has 0 fully saturated rings. The average molecular weight is 548 g/mol. The lowest BCUT2D eigenvalue weighted by atomic mass is 9.86. The summed E-state index contributed by atoms with van der Waals surface area (Å²) in [5.41, 5.74) is 8.28. The van der Waals surface area contributed by atoms with E-state index in [-0.39, 0.29) is 36.7 Å². The number of nitrogens with one attached hydrogen (secondary N) is 2. The van der Waals surface area contributed by atoms with Gasteiger partial charge in [0.05, 0.1) is 25.4 Å². The molecule has 0 aliphatic rings. The van der Waals surface area contributed by atoms with Gasteiger partial charge in [0.15, 0.2) is 0 Å². The number of carbonyl (C=O) groups is 2. The van der Waals surface area contributed by atoms with Crippen molar-refractivity contribution in [3.63, 3.8) is 0 Å². The van der Waals surface area contributed by atoms with Crippen molar-refractivity contribution in [1.82, 2.24) is 10.6 Å². The van der Waals surface area contributed by atoms with Gasteiger partial charge in [-0.05, 0) is 46.2 Å². The molecule has 0 aliphatic carbocycles. The first kappa shape index (κ1) is 31.3. The van der Waals surface area contributed by atoms with Crippen LogP contribution in [0.2, 0.25) is 0 Å². The molecule has 216 valence electrons. The monoisotopic (exact) mass is 547 g/mol. The van der Waals surface area contributed by atoms with Crippen molar-refractivity contribution in [3.05, 3.63) is 83.9 Å². The third-order valence-corrected chi connectivity index (χ3v) is 7.63. The number of ether oxygens (including phenoxy) is 1. The molecule has 7 heteroatoms. The molecule has 2 amide bonds. The van der Waals surface area contributed by atoms with E-state index in [1.165, 1.54) is 5.39 Å². The van der Waals surface area contributed by atoms with Gasteiger partial charge in [0.25, 0.3) is 0 Å². The number of rotatable bonds is 15. The summed E-state index contributed by atoms with van der Waals surface area (Å²) in [6.45, 7) is 8.76. The highest BCUT2D eigenvalue weighted by molar-refractivity contribution is 5.88. The van der Waals surface area contributed by atoms with Crippen LogP contribution >= 0.6 is 0 Å². The molecule has 3 aromatic rings. The lowest BCUT2D eigenvalue weighted by Gasteiger charge is -2.29. The molecule has 0 spiro atoms. The maximum atomic E-state index is 13.4. The summed E-state index contributed by atoms with van der Waals surface area (Å²) in [6.07, 6.45) is -0.00951. The summed E-state index contributed by atoms with van der Waals surface area (Å²) >= 11 is 0. The summed E-state index contributed by atoms with van der Waals surface area (Å²) in [5, 5.41) is 19.1. The number of aliphatic hydroxyl groups is 1. The molecular weight excluding hydrogens is 502 g/mol. The molecule has 5 N–H and O–H groups in total. The molecule has 0 saturated heterocycles. The quantitative estimate of drug-likeness (QED) is 0.223. The highest BCUT2D eigenvalue weighted by Crippen LogP contribution is 2.21. The van der Waals surface area contributed by atoms with Gasteiger partial charge < -0.3 is 26.2 Å². The fraction of sp³-hybridized carbons (Fsp3) is 0.455. The van der Waals surface area contributed by atoms with Crippen molar-refractivity contribution < 1.29 is 19.4 Å². The Morgan fingerprint density at radius 3 is 2.25 bits per heavy atom. The first-order valence-electron chi connectivity index (χ1n) is 14.3. The van der Waals surface area contributed by atoms with Crippen LogP contribution in [0.4, 0.5) is 0 Å². The Morgan fingerprint density at radius 1 is 0.900 bits per heavy atom. The van der Waals surface area contributed by atoms with Crippen LogP contribution in [0.25, 0.3) is 10.8 Å². The van der Waals surface area contributed by atoms with Gasteiger partial charge in [0, 0.05) is 12.5 Å². The van der Waals surface area contributed by atoms with E-state index in [9.17, 15) is 14.7 Å². The second kappa shape index (κ2) is 15.5. The van der Waals surface area contributed by atoms with Crippen LogP contribution in [0.1, 0.15) is 51.7 Å². The number of carbonyl (C=O) groups excluding carboxylic acids is 2. The lowest BCUT2D eigenvalue weighted by Crippen LogP contribution is -2.52. The van der Waals surface area contributed by atoms with Gasteiger partial charge in [-0.2, -0.15) is 0 Å². The normalized spacial score (nSPS) is 15.3. The summed E-state index contributed by atoms with van der Waals surface area (Å²) in [5.74, 6) is -1.07. The number of hydrogen-bond donors (Lipinski definition) is 4. The average Bonchev–Trinajstić information content (AvgIpc) is 2.96. The Bertz CT molecular complexity index is 1220. The molecule has 5 atom stereocenters. The van der Waals surface area contributed by atoms with Crippen molar-refractivity contribution in [1.29, 1.82) is 0 Å². The second-order valence-electron chi connectivity index (χ2n) is 11.1. The number of benzene rings is 3. The molecule has 5 unspecified atom stereocenters. The predicted molar refractivity (Wildman–Crippen MR) is 160 cm³/mol. The maximum absolute atomic E-state index is 13.4. The van der Waals surface area contributed by atoms with Crippen LogP contribution in [-0.2, 0) is 27.5 Å². The van der Waals surface area contributed by atoms with Crippen molar-refractivity contribution in [3.8, 4) is 0 Å². The van der Waals surface area contributed by atoms with Gasteiger partial charge >= 0.3 is 0 Å². The summed E-state index contributed by atoms with van der Waals surface area (Å²) in [6, 6.07) is 22.7. The Morgan fingerprint density at radius 2 is 1.57 bits per heavy atom. The van der Waals surface area contributed by atoms with E-state index in [1.54, 1.807) is 0 Å². The van der Waals surface area contributed by atoms with E-state index in [4.69, 9.17) is 10.5 Å². The van der Waals surface area contributed by atoms with Gasteiger partial charge in [0.1, 0.15) is 6.04 Å². The zero-order valence-electron chi connectivity index (χ0n) is 24.2. The molecular formula is C33H45N3O4. The second-order valence-corrected chi connectivity index (χ2v) is 11.1. The molecule has 0 heterocycles. The molecule has 0 aromatic heterocycles. The van der Waals surface area contributed by atoms with Crippen molar-refractivity contribution in [2.24, 2.45) is 23.5 Å². The minimum absolute atomic E-state index is 0.0506. The highest BCUT2D eigenvalue weighted by Gasteiger charge is 2.32. The fourth-order valence-corrected chi connectivity index (χ4v) is 4.73. The summed E-state index contributed by atoms with van der Waals surface area (Å²) < 4.78 is 5.82. The van der Waals surface area contributed by atoms with Gasteiger partial charge in [-0.25, -0.2) is 0 Å². The van der Waals surface area contributed by atoms with Crippen molar-refractivity contribution in [2.75, 3.05) is 6.61 Å². The largest absolute Gasteiger partial charge is 0.391 e. The Balaban J connectivity index is 1.54. The maximum Gasteiger partial charge on any atom is 0.243 e. The summed E-state index contributed by atoms with van der Waals surface area (Å²) in [7, 11) is 0. The SMILES string of the molecule is CCC(C)C(NC(=O)C(CC(O)C(N)COCc1ccc2ccccc2c1)C(C)C)C(=O)NCc1ccccc1. The Kier molecular flexibility index (Phi) is 12.1. The zero-order chi connectivity index (χ0) is 29.1. The van der Waals surface area contributed by atoms with E-state index >= 15 is 0 Å². The molecule has 0 bridgehead atoms. The number of amides is 2.